The van der Waals surface area contributed by atoms with Gasteiger partial charge in [0.05, 0.1) is 5.69 Å². The van der Waals surface area contributed by atoms with E-state index in [-0.39, 0.29) is 5.82 Å². The molecule has 0 spiro atoms. The molecular weight excluding hydrogens is 255 g/mol. The van der Waals surface area contributed by atoms with Gasteiger partial charge < -0.3 is 11.1 Å². The zero-order chi connectivity index (χ0) is 14.5. The number of hydrogen-bond donors (Lipinski definition) is 2. The monoisotopic (exact) mass is 278 g/mol. The van der Waals surface area contributed by atoms with Crippen molar-refractivity contribution in [2.45, 2.75) is 51.5 Å². The molecule has 0 saturated heterocycles. The Morgan fingerprint density at radius 1 is 1.35 bits per heavy atom. The summed E-state index contributed by atoms with van der Waals surface area (Å²) >= 11 is 0. The molecule has 2 rings (SSSR count). The van der Waals surface area contributed by atoms with Crippen LogP contribution in [0.3, 0.4) is 0 Å². The maximum absolute atomic E-state index is 13.8. The molecule has 1 saturated carbocycles. The molecule has 0 radical (unpaired) electrons. The van der Waals surface area contributed by atoms with Gasteiger partial charge in [-0.1, -0.05) is 19.8 Å². The summed E-state index contributed by atoms with van der Waals surface area (Å²) < 4.78 is 13.8. The molecule has 3 N–H and O–H groups in total. The first-order valence-electron chi connectivity index (χ1n) is 7.46. The minimum Gasteiger partial charge on any atom is -0.380 e. The van der Waals surface area contributed by atoms with Gasteiger partial charge in [-0.3, -0.25) is 4.79 Å². The van der Waals surface area contributed by atoms with Crippen molar-refractivity contribution in [3.05, 3.63) is 29.6 Å². The molecule has 0 bridgehead atoms. The van der Waals surface area contributed by atoms with Crippen LogP contribution in [0.2, 0.25) is 0 Å². The zero-order valence-electron chi connectivity index (χ0n) is 12.0. The number of carbonyl (C=O) groups is 1. The van der Waals surface area contributed by atoms with Gasteiger partial charge in [0.2, 0.25) is 5.91 Å². The molecular formula is C16H23FN2O. The Morgan fingerprint density at radius 3 is 2.65 bits per heavy atom. The number of nitrogens with two attached hydrogens (primary N) is 1. The molecule has 1 aromatic carbocycles. The number of amides is 1. The highest BCUT2D eigenvalue weighted by molar-refractivity contribution is 5.93. The first kappa shape index (κ1) is 14.8. The fourth-order valence-corrected chi connectivity index (χ4v) is 3.01. The lowest BCUT2D eigenvalue weighted by atomic mass is 9.83. The van der Waals surface area contributed by atoms with E-state index in [0.717, 1.165) is 18.8 Å². The molecule has 1 aromatic rings. The molecule has 1 amide bonds. The third-order valence-corrected chi connectivity index (χ3v) is 4.15. The van der Waals surface area contributed by atoms with Crippen LogP contribution in [-0.2, 0) is 0 Å². The quantitative estimate of drug-likeness (QED) is 0.863. The van der Waals surface area contributed by atoms with Crippen LogP contribution in [0.1, 0.15) is 55.8 Å². The fourth-order valence-electron chi connectivity index (χ4n) is 3.01. The van der Waals surface area contributed by atoms with E-state index in [4.69, 9.17) is 5.73 Å². The average molecular weight is 278 g/mol. The van der Waals surface area contributed by atoms with Crippen LogP contribution >= 0.6 is 0 Å². The molecule has 0 atom stereocenters. The summed E-state index contributed by atoms with van der Waals surface area (Å²) in [5, 5.41) is 3.22. The van der Waals surface area contributed by atoms with Crippen molar-refractivity contribution in [1.29, 1.82) is 0 Å². The molecule has 4 heteroatoms. The average Bonchev–Trinajstić information content (AvgIpc) is 2.43. The number of nitrogens with one attached hydrogen (secondary N) is 1. The Morgan fingerprint density at radius 2 is 2.05 bits per heavy atom. The zero-order valence-corrected chi connectivity index (χ0v) is 12.0. The molecule has 0 heterocycles. The smallest absolute Gasteiger partial charge is 0.248 e. The van der Waals surface area contributed by atoms with Crippen molar-refractivity contribution in [1.82, 2.24) is 0 Å². The Hall–Kier alpha value is -1.58. The summed E-state index contributed by atoms with van der Waals surface area (Å²) in [6.07, 6.45) is 7.04. The highest BCUT2D eigenvalue weighted by Gasteiger charge is 2.21. The number of hydrogen-bond acceptors (Lipinski definition) is 2. The van der Waals surface area contributed by atoms with Crippen LogP contribution in [0, 0.1) is 11.7 Å². The summed E-state index contributed by atoms with van der Waals surface area (Å²) in [5.74, 6) is -0.0368. The van der Waals surface area contributed by atoms with Gasteiger partial charge in [0.15, 0.2) is 0 Å². The van der Waals surface area contributed by atoms with E-state index in [9.17, 15) is 9.18 Å². The van der Waals surface area contributed by atoms with Gasteiger partial charge in [0.1, 0.15) is 5.82 Å². The van der Waals surface area contributed by atoms with Crippen molar-refractivity contribution in [2.24, 2.45) is 11.7 Å². The van der Waals surface area contributed by atoms with E-state index in [2.05, 4.69) is 12.2 Å². The second kappa shape index (κ2) is 6.73. The van der Waals surface area contributed by atoms with E-state index >= 15 is 0 Å². The third-order valence-electron chi connectivity index (χ3n) is 4.15. The maximum atomic E-state index is 13.8. The topological polar surface area (TPSA) is 55.1 Å². The Labute approximate surface area is 119 Å². The van der Waals surface area contributed by atoms with Crippen LogP contribution in [0.5, 0.6) is 0 Å². The number of rotatable bonds is 5. The van der Waals surface area contributed by atoms with Gasteiger partial charge in [-0.05, 0) is 49.8 Å². The molecule has 3 nitrogen and oxygen atoms in total. The van der Waals surface area contributed by atoms with Gasteiger partial charge in [-0.25, -0.2) is 4.39 Å². The van der Waals surface area contributed by atoms with Crippen LogP contribution in [0.15, 0.2) is 18.2 Å². The highest BCUT2D eigenvalue weighted by atomic mass is 19.1. The van der Waals surface area contributed by atoms with E-state index < -0.39 is 5.91 Å². The predicted molar refractivity (Wildman–Crippen MR) is 79.2 cm³/mol. The van der Waals surface area contributed by atoms with E-state index in [0.29, 0.717) is 17.3 Å². The van der Waals surface area contributed by atoms with Gasteiger partial charge in [0, 0.05) is 11.6 Å². The summed E-state index contributed by atoms with van der Waals surface area (Å²) in [5.41, 5.74) is 5.96. The Bertz CT molecular complexity index is 468. The summed E-state index contributed by atoms with van der Waals surface area (Å²) in [6, 6.07) is 4.52. The van der Waals surface area contributed by atoms with Gasteiger partial charge in [-0.15, -0.1) is 0 Å². The first-order chi connectivity index (χ1) is 9.60. The van der Waals surface area contributed by atoms with E-state index in [1.807, 2.05) is 0 Å². The lowest BCUT2D eigenvalue weighted by Crippen LogP contribution is -2.26. The lowest BCUT2D eigenvalue weighted by Gasteiger charge is -2.29. The van der Waals surface area contributed by atoms with Crippen molar-refractivity contribution in [3.63, 3.8) is 0 Å². The standard InChI is InChI=1S/C16H23FN2O/c1-2-3-11-4-7-13(8-5-11)19-15-10-12(16(18)20)6-9-14(15)17/h6,9-11,13,19H,2-5,7-8H2,1H3,(H2,18,20). The van der Waals surface area contributed by atoms with E-state index in [1.165, 1.54) is 43.9 Å². The Kier molecular flexibility index (Phi) is 4.99. The van der Waals surface area contributed by atoms with Crippen molar-refractivity contribution < 1.29 is 9.18 Å². The molecule has 0 aromatic heterocycles. The van der Waals surface area contributed by atoms with E-state index in [1.54, 1.807) is 0 Å². The fraction of sp³-hybridized carbons (Fsp3) is 0.562. The number of anilines is 1. The summed E-state index contributed by atoms with van der Waals surface area (Å²) in [6.45, 7) is 2.22. The molecule has 0 aliphatic heterocycles. The van der Waals surface area contributed by atoms with Gasteiger partial charge in [-0.2, -0.15) is 0 Å². The molecule has 0 unspecified atom stereocenters. The van der Waals surface area contributed by atoms with Crippen LogP contribution in [0.4, 0.5) is 10.1 Å². The summed E-state index contributed by atoms with van der Waals surface area (Å²) in [7, 11) is 0. The van der Waals surface area contributed by atoms with Gasteiger partial charge in [0.25, 0.3) is 0 Å². The largest absolute Gasteiger partial charge is 0.380 e. The third kappa shape index (κ3) is 3.71. The Balaban J connectivity index is 1.97. The first-order valence-corrected chi connectivity index (χ1v) is 7.46. The highest BCUT2D eigenvalue weighted by Crippen LogP contribution is 2.30. The number of carbonyl (C=O) groups excluding carboxylic acids is 1. The lowest BCUT2D eigenvalue weighted by molar-refractivity contribution is 0.100. The van der Waals surface area contributed by atoms with Gasteiger partial charge >= 0.3 is 0 Å². The molecule has 1 aliphatic carbocycles. The number of primary amides is 1. The number of halogens is 1. The molecule has 110 valence electrons. The van der Waals surface area contributed by atoms with Crippen molar-refractivity contribution >= 4 is 11.6 Å². The SMILES string of the molecule is CCCC1CCC(Nc2cc(C(N)=O)ccc2F)CC1. The number of benzene rings is 1. The van der Waals surface area contributed by atoms with Crippen molar-refractivity contribution in [2.75, 3.05) is 5.32 Å². The van der Waals surface area contributed by atoms with Crippen LogP contribution in [-0.4, -0.2) is 11.9 Å². The maximum Gasteiger partial charge on any atom is 0.248 e. The van der Waals surface area contributed by atoms with Crippen LogP contribution in [0.25, 0.3) is 0 Å². The molecule has 1 fully saturated rings. The van der Waals surface area contributed by atoms with Crippen molar-refractivity contribution in [3.8, 4) is 0 Å². The minimum atomic E-state index is -0.528. The van der Waals surface area contributed by atoms with Crippen LogP contribution < -0.4 is 11.1 Å². The second-order valence-corrected chi connectivity index (χ2v) is 5.71. The second-order valence-electron chi connectivity index (χ2n) is 5.71. The minimum absolute atomic E-state index is 0.292. The summed E-state index contributed by atoms with van der Waals surface area (Å²) in [4.78, 5) is 11.1. The normalized spacial score (nSPS) is 22.5. The molecule has 1 aliphatic rings. The molecule has 20 heavy (non-hydrogen) atoms. The predicted octanol–water partition coefficient (Wildman–Crippen LogP) is 3.70.